The van der Waals surface area contributed by atoms with Crippen molar-refractivity contribution in [1.82, 2.24) is 4.98 Å². The maximum Gasteiger partial charge on any atom is 0.136 e. The fourth-order valence-corrected chi connectivity index (χ4v) is 3.46. The van der Waals surface area contributed by atoms with Gasteiger partial charge in [0.15, 0.2) is 0 Å². The quantitative estimate of drug-likeness (QED) is 0.617. The summed E-state index contributed by atoms with van der Waals surface area (Å²) in [5.74, 6) is 0.782. The minimum absolute atomic E-state index is 0.503. The predicted molar refractivity (Wildman–Crippen MR) is 107 cm³/mol. The molecule has 3 rings (SSSR count). The molecular weight excluding hydrogens is 342 g/mol. The first-order valence-electron chi connectivity index (χ1n) is 8.14. The first-order chi connectivity index (χ1) is 12.6. The van der Waals surface area contributed by atoms with E-state index < -0.39 is 0 Å². The van der Waals surface area contributed by atoms with E-state index in [1.54, 1.807) is 13.3 Å². The number of nitriles is 1. The average molecular weight is 361 g/mol. The van der Waals surface area contributed by atoms with Gasteiger partial charge in [-0.05, 0) is 49.2 Å². The summed E-state index contributed by atoms with van der Waals surface area (Å²) < 4.78 is 5.26. The highest BCUT2D eigenvalue weighted by atomic mass is 32.1. The number of aromatic nitrogens is 1. The molecule has 2 aromatic carbocycles. The van der Waals surface area contributed by atoms with E-state index in [-0.39, 0.29) is 0 Å². The number of thiazole rings is 1. The van der Waals surface area contributed by atoms with Gasteiger partial charge in [-0.1, -0.05) is 18.2 Å². The van der Waals surface area contributed by atoms with Crippen LogP contribution in [0.5, 0.6) is 5.75 Å². The number of ether oxygens (including phenoxy) is 1. The Hall–Kier alpha value is -3.10. The van der Waals surface area contributed by atoms with Gasteiger partial charge >= 0.3 is 0 Å². The predicted octanol–water partition coefficient (Wildman–Crippen LogP) is 5.41. The molecule has 0 aliphatic carbocycles. The Morgan fingerprint density at radius 1 is 1.19 bits per heavy atom. The van der Waals surface area contributed by atoms with Gasteiger partial charge in [0.25, 0.3) is 0 Å². The fraction of sp³-hybridized carbons (Fsp3) is 0.143. The minimum atomic E-state index is 0.503. The SMILES string of the molecule is COc1cccc(-c2csc(C(C#N)=CNc3cc(C)cc(C)c3)n2)c1. The Kier molecular flexibility index (Phi) is 5.35. The Morgan fingerprint density at radius 3 is 2.65 bits per heavy atom. The van der Waals surface area contributed by atoms with Crippen LogP contribution in [-0.4, -0.2) is 12.1 Å². The Balaban J connectivity index is 1.84. The van der Waals surface area contributed by atoms with E-state index in [4.69, 9.17) is 4.74 Å². The zero-order chi connectivity index (χ0) is 18.5. The lowest BCUT2D eigenvalue weighted by atomic mass is 10.1. The molecule has 0 aliphatic rings. The molecule has 0 amide bonds. The molecule has 0 saturated carbocycles. The molecule has 0 atom stereocenters. The first kappa shape index (κ1) is 17.7. The van der Waals surface area contributed by atoms with E-state index in [1.165, 1.54) is 22.5 Å². The summed E-state index contributed by atoms with van der Waals surface area (Å²) in [6, 6.07) is 16.2. The maximum absolute atomic E-state index is 9.52. The molecule has 3 aromatic rings. The molecule has 0 unspecified atom stereocenters. The van der Waals surface area contributed by atoms with Gasteiger partial charge in [0.2, 0.25) is 0 Å². The second-order valence-corrected chi connectivity index (χ2v) is 6.82. The van der Waals surface area contributed by atoms with Gasteiger partial charge in [0.05, 0.1) is 12.8 Å². The Morgan fingerprint density at radius 2 is 1.96 bits per heavy atom. The van der Waals surface area contributed by atoms with Crippen LogP contribution in [0.2, 0.25) is 0 Å². The van der Waals surface area contributed by atoms with Crippen molar-refractivity contribution in [2.45, 2.75) is 13.8 Å². The largest absolute Gasteiger partial charge is 0.497 e. The first-order valence-corrected chi connectivity index (χ1v) is 9.02. The summed E-state index contributed by atoms with van der Waals surface area (Å²) in [7, 11) is 1.64. The zero-order valence-electron chi connectivity index (χ0n) is 14.9. The topological polar surface area (TPSA) is 57.9 Å². The summed E-state index contributed by atoms with van der Waals surface area (Å²) >= 11 is 1.45. The van der Waals surface area contributed by atoms with Crippen molar-refractivity contribution in [3.05, 3.63) is 70.2 Å². The van der Waals surface area contributed by atoms with Crippen LogP contribution in [0.3, 0.4) is 0 Å². The summed E-state index contributed by atoms with van der Waals surface area (Å²) in [5.41, 5.74) is 5.61. The molecule has 130 valence electrons. The molecule has 0 bridgehead atoms. The van der Waals surface area contributed by atoms with Crippen molar-refractivity contribution < 1.29 is 4.74 Å². The molecule has 5 heteroatoms. The number of aryl methyl sites for hydroxylation is 2. The molecule has 0 saturated heterocycles. The second kappa shape index (κ2) is 7.85. The van der Waals surface area contributed by atoms with Gasteiger partial charge in [0.1, 0.15) is 22.4 Å². The van der Waals surface area contributed by atoms with Crippen molar-refractivity contribution in [2.24, 2.45) is 0 Å². The number of hydrogen-bond acceptors (Lipinski definition) is 5. The summed E-state index contributed by atoms with van der Waals surface area (Å²) in [6.07, 6.45) is 1.71. The number of hydrogen-bond donors (Lipinski definition) is 1. The number of rotatable bonds is 5. The van der Waals surface area contributed by atoms with Gasteiger partial charge in [-0.25, -0.2) is 4.98 Å². The number of nitrogens with one attached hydrogen (secondary N) is 1. The number of anilines is 1. The van der Waals surface area contributed by atoms with Crippen LogP contribution in [0.15, 0.2) is 54.0 Å². The summed E-state index contributed by atoms with van der Waals surface area (Å²) in [4.78, 5) is 4.61. The molecule has 26 heavy (non-hydrogen) atoms. The van der Waals surface area contributed by atoms with Crippen LogP contribution in [0.1, 0.15) is 16.1 Å². The molecule has 0 fully saturated rings. The van der Waals surface area contributed by atoms with Gasteiger partial charge in [-0.3, -0.25) is 0 Å². The van der Waals surface area contributed by atoms with Crippen molar-refractivity contribution in [3.8, 4) is 23.1 Å². The third kappa shape index (κ3) is 4.11. The van der Waals surface area contributed by atoms with Crippen LogP contribution < -0.4 is 10.1 Å². The van der Waals surface area contributed by atoms with E-state index in [2.05, 4.69) is 22.4 Å². The molecule has 0 radical (unpaired) electrons. The lowest BCUT2D eigenvalue weighted by Crippen LogP contribution is -1.92. The lowest BCUT2D eigenvalue weighted by Gasteiger charge is -2.05. The highest BCUT2D eigenvalue weighted by molar-refractivity contribution is 7.11. The molecule has 0 aliphatic heterocycles. The number of allylic oxidation sites excluding steroid dienone is 1. The molecule has 0 spiro atoms. The Labute approximate surface area is 157 Å². The van der Waals surface area contributed by atoms with Crippen LogP contribution in [-0.2, 0) is 0 Å². The number of benzene rings is 2. The third-order valence-corrected chi connectivity index (χ3v) is 4.70. The van der Waals surface area contributed by atoms with Gasteiger partial charge in [-0.15, -0.1) is 11.3 Å². The van der Waals surface area contributed by atoms with Crippen molar-refractivity contribution in [1.29, 1.82) is 5.26 Å². The number of methoxy groups -OCH3 is 1. The molecule has 1 aromatic heterocycles. The lowest BCUT2D eigenvalue weighted by molar-refractivity contribution is 0.415. The standard InChI is InChI=1S/C21H19N3OS/c1-14-7-15(2)9-18(8-14)23-12-17(11-22)21-24-20(13-26-21)16-5-4-6-19(10-16)25-3/h4-10,12-13,23H,1-3H3. The average Bonchev–Trinajstić information content (AvgIpc) is 3.11. The van der Waals surface area contributed by atoms with E-state index in [0.29, 0.717) is 10.6 Å². The second-order valence-electron chi connectivity index (χ2n) is 5.96. The van der Waals surface area contributed by atoms with Gasteiger partial charge in [-0.2, -0.15) is 5.26 Å². The normalized spacial score (nSPS) is 11.1. The van der Waals surface area contributed by atoms with Gasteiger partial charge in [0, 0.05) is 22.8 Å². The highest BCUT2D eigenvalue weighted by Crippen LogP contribution is 2.28. The number of nitrogens with zero attached hydrogens (tertiary/aromatic N) is 2. The van der Waals surface area contributed by atoms with Gasteiger partial charge < -0.3 is 10.1 Å². The Bertz CT molecular complexity index is 978. The van der Waals surface area contributed by atoms with Crippen molar-refractivity contribution in [2.75, 3.05) is 12.4 Å². The zero-order valence-corrected chi connectivity index (χ0v) is 15.7. The smallest absolute Gasteiger partial charge is 0.136 e. The summed E-state index contributed by atoms with van der Waals surface area (Å²) in [6.45, 7) is 4.10. The van der Waals surface area contributed by atoms with Crippen molar-refractivity contribution >= 4 is 22.6 Å². The third-order valence-electron chi connectivity index (χ3n) is 3.83. The minimum Gasteiger partial charge on any atom is -0.497 e. The van der Waals surface area contributed by atoms with Crippen LogP contribution in [0.25, 0.3) is 16.8 Å². The molecule has 1 heterocycles. The van der Waals surface area contributed by atoms with E-state index in [0.717, 1.165) is 22.7 Å². The maximum atomic E-state index is 9.52. The highest BCUT2D eigenvalue weighted by Gasteiger charge is 2.09. The van der Waals surface area contributed by atoms with Crippen LogP contribution in [0, 0.1) is 25.2 Å². The van der Waals surface area contributed by atoms with E-state index in [9.17, 15) is 5.26 Å². The van der Waals surface area contributed by atoms with Crippen LogP contribution >= 0.6 is 11.3 Å². The van der Waals surface area contributed by atoms with Crippen LogP contribution in [0.4, 0.5) is 5.69 Å². The van der Waals surface area contributed by atoms with Crippen molar-refractivity contribution in [3.63, 3.8) is 0 Å². The summed E-state index contributed by atoms with van der Waals surface area (Å²) in [5, 5.41) is 15.4. The van der Waals surface area contributed by atoms with E-state index in [1.807, 2.05) is 55.6 Å². The monoisotopic (exact) mass is 361 g/mol. The molecule has 4 nitrogen and oxygen atoms in total. The van der Waals surface area contributed by atoms with E-state index >= 15 is 0 Å². The molecule has 1 N–H and O–H groups in total. The molecular formula is C21H19N3OS. The fourth-order valence-electron chi connectivity index (χ4n) is 2.67.